The van der Waals surface area contributed by atoms with Crippen LogP contribution in [-0.4, -0.2) is 4.98 Å². The SMILES string of the molecule is CC#Cc1ccc(Cl)nc1. The highest BCUT2D eigenvalue weighted by Gasteiger charge is 1.86. The molecule has 1 rings (SSSR count). The normalized spacial score (nSPS) is 8.20. The van der Waals surface area contributed by atoms with Crippen molar-refractivity contribution in [2.24, 2.45) is 0 Å². The zero-order chi connectivity index (χ0) is 7.40. The maximum atomic E-state index is 5.55. The third-order valence-corrected chi connectivity index (χ3v) is 1.22. The maximum Gasteiger partial charge on any atom is 0.129 e. The van der Waals surface area contributed by atoms with Gasteiger partial charge in [-0.05, 0) is 19.1 Å². The van der Waals surface area contributed by atoms with Crippen molar-refractivity contribution in [1.29, 1.82) is 0 Å². The largest absolute Gasteiger partial charge is 0.243 e. The highest BCUT2D eigenvalue weighted by Crippen LogP contribution is 2.03. The average molecular weight is 152 g/mol. The summed E-state index contributed by atoms with van der Waals surface area (Å²) in [5, 5.41) is 0.502. The molecule has 1 aromatic heterocycles. The Morgan fingerprint density at radius 3 is 2.80 bits per heavy atom. The first kappa shape index (κ1) is 7.11. The molecule has 0 atom stereocenters. The summed E-state index contributed by atoms with van der Waals surface area (Å²) in [6.45, 7) is 1.79. The van der Waals surface area contributed by atoms with Crippen molar-refractivity contribution in [2.45, 2.75) is 6.92 Å². The smallest absolute Gasteiger partial charge is 0.129 e. The van der Waals surface area contributed by atoms with E-state index >= 15 is 0 Å². The predicted molar refractivity (Wildman–Crippen MR) is 41.8 cm³/mol. The molecule has 0 radical (unpaired) electrons. The Balaban J connectivity index is 2.97. The maximum absolute atomic E-state index is 5.55. The van der Waals surface area contributed by atoms with E-state index in [1.54, 1.807) is 19.2 Å². The molecule has 0 aliphatic heterocycles. The van der Waals surface area contributed by atoms with E-state index in [0.717, 1.165) is 5.56 Å². The van der Waals surface area contributed by atoms with Crippen molar-refractivity contribution in [3.05, 3.63) is 29.0 Å². The summed E-state index contributed by atoms with van der Waals surface area (Å²) < 4.78 is 0. The molecule has 0 unspecified atom stereocenters. The van der Waals surface area contributed by atoms with Crippen LogP contribution in [0.1, 0.15) is 12.5 Å². The van der Waals surface area contributed by atoms with Crippen molar-refractivity contribution >= 4 is 11.6 Å². The van der Waals surface area contributed by atoms with Crippen molar-refractivity contribution in [2.75, 3.05) is 0 Å². The van der Waals surface area contributed by atoms with Gasteiger partial charge in [-0.15, -0.1) is 5.92 Å². The van der Waals surface area contributed by atoms with Crippen LogP contribution in [0.4, 0.5) is 0 Å². The molecule has 0 aromatic carbocycles. The van der Waals surface area contributed by atoms with Crippen LogP contribution in [0.15, 0.2) is 18.3 Å². The number of rotatable bonds is 0. The summed E-state index contributed by atoms with van der Waals surface area (Å²) in [6.07, 6.45) is 1.65. The Labute approximate surface area is 65.0 Å². The second-order valence-electron chi connectivity index (χ2n) is 1.74. The van der Waals surface area contributed by atoms with E-state index in [1.165, 1.54) is 0 Å². The Hall–Kier alpha value is -1.00. The molecular weight excluding hydrogens is 146 g/mol. The van der Waals surface area contributed by atoms with Gasteiger partial charge in [0.2, 0.25) is 0 Å². The zero-order valence-corrected chi connectivity index (χ0v) is 6.31. The van der Waals surface area contributed by atoms with E-state index in [2.05, 4.69) is 16.8 Å². The predicted octanol–water partition coefficient (Wildman–Crippen LogP) is 2.11. The number of nitrogens with zero attached hydrogens (tertiary/aromatic N) is 1. The summed E-state index contributed by atoms with van der Waals surface area (Å²) in [5.41, 5.74) is 0.895. The Kier molecular flexibility index (Phi) is 2.30. The summed E-state index contributed by atoms with van der Waals surface area (Å²) in [7, 11) is 0. The van der Waals surface area contributed by atoms with Gasteiger partial charge in [-0.1, -0.05) is 17.5 Å². The molecule has 0 aliphatic rings. The van der Waals surface area contributed by atoms with Gasteiger partial charge in [-0.3, -0.25) is 0 Å². The first-order chi connectivity index (χ1) is 4.83. The second kappa shape index (κ2) is 3.24. The number of pyridine rings is 1. The van der Waals surface area contributed by atoms with E-state index in [4.69, 9.17) is 11.6 Å². The number of aromatic nitrogens is 1. The van der Waals surface area contributed by atoms with E-state index < -0.39 is 0 Å². The molecule has 0 N–H and O–H groups in total. The van der Waals surface area contributed by atoms with E-state index in [-0.39, 0.29) is 0 Å². The van der Waals surface area contributed by atoms with Gasteiger partial charge in [0.1, 0.15) is 5.15 Å². The van der Waals surface area contributed by atoms with Gasteiger partial charge in [-0.25, -0.2) is 4.98 Å². The first-order valence-electron chi connectivity index (χ1n) is 2.87. The monoisotopic (exact) mass is 151 g/mol. The molecule has 0 bridgehead atoms. The molecule has 50 valence electrons. The van der Waals surface area contributed by atoms with Gasteiger partial charge in [0, 0.05) is 11.8 Å². The third-order valence-electron chi connectivity index (χ3n) is 0.997. The van der Waals surface area contributed by atoms with Gasteiger partial charge in [-0.2, -0.15) is 0 Å². The lowest BCUT2D eigenvalue weighted by Gasteiger charge is -1.87. The minimum absolute atomic E-state index is 0.502. The molecule has 0 fully saturated rings. The molecule has 0 amide bonds. The van der Waals surface area contributed by atoms with E-state index in [1.807, 2.05) is 6.07 Å². The van der Waals surface area contributed by atoms with Crippen molar-refractivity contribution in [3.63, 3.8) is 0 Å². The molecule has 1 heterocycles. The Bertz CT molecular complexity index is 266. The van der Waals surface area contributed by atoms with Crippen molar-refractivity contribution < 1.29 is 0 Å². The van der Waals surface area contributed by atoms with Crippen LogP contribution in [0, 0.1) is 11.8 Å². The van der Waals surface area contributed by atoms with Crippen LogP contribution in [-0.2, 0) is 0 Å². The number of hydrogen-bond acceptors (Lipinski definition) is 1. The van der Waals surface area contributed by atoms with Crippen LogP contribution in [0.3, 0.4) is 0 Å². The van der Waals surface area contributed by atoms with Crippen LogP contribution in [0.25, 0.3) is 0 Å². The summed E-state index contributed by atoms with van der Waals surface area (Å²) >= 11 is 5.55. The lowest BCUT2D eigenvalue weighted by atomic mass is 10.3. The zero-order valence-electron chi connectivity index (χ0n) is 5.56. The van der Waals surface area contributed by atoms with Crippen LogP contribution >= 0.6 is 11.6 Å². The molecule has 0 spiro atoms. The number of hydrogen-bond donors (Lipinski definition) is 0. The molecule has 2 heteroatoms. The van der Waals surface area contributed by atoms with Crippen LogP contribution < -0.4 is 0 Å². The van der Waals surface area contributed by atoms with Crippen molar-refractivity contribution in [1.82, 2.24) is 4.98 Å². The molecule has 1 aromatic rings. The number of halogens is 1. The molecule has 1 nitrogen and oxygen atoms in total. The summed E-state index contributed by atoms with van der Waals surface area (Å²) in [4.78, 5) is 3.86. The van der Waals surface area contributed by atoms with Crippen LogP contribution in [0.2, 0.25) is 5.15 Å². The highest BCUT2D eigenvalue weighted by atomic mass is 35.5. The fourth-order valence-corrected chi connectivity index (χ4v) is 0.706. The van der Waals surface area contributed by atoms with Crippen molar-refractivity contribution in [3.8, 4) is 11.8 Å². The van der Waals surface area contributed by atoms with Gasteiger partial charge < -0.3 is 0 Å². The lowest BCUT2D eigenvalue weighted by molar-refractivity contribution is 1.31. The topological polar surface area (TPSA) is 12.9 Å². The summed E-state index contributed by atoms with van der Waals surface area (Å²) in [6, 6.07) is 3.56. The van der Waals surface area contributed by atoms with E-state index in [9.17, 15) is 0 Å². The molecule has 0 aliphatic carbocycles. The van der Waals surface area contributed by atoms with E-state index in [0.29, 0.717) is 5.15 Å². The second-order valence-corrected chi connectivity index (χ2v) is 2.13. The lowest BCUT2D eigenvalue weighted by Crippen LogP contribution is -1.76. The molecular formula is C8H6ClN. The molecule has 0 saturated heterocycles. The van der Waals surface area contributed by atoms with Gasteiger partial charge in [0.25, 0.3) is 0 Å². The Morgan fingerprint density at radius 2 is 2.30 bits per heavy atom. The minimum atomic E-state index is 0.502. The first-order valence-corrected chi connectivity index (χ1v) is 3.25. The third kappa shape index (κ3) is 1.75. The quantitative estimate of drug-likeness (QED) is 0.409. The average Bonchev–Trinajstić information content (AvgIpc) is 1.95. The fraction of sp³-hybridized carbons (Fsp3) is 0.125. The molecule has 0 saturated carbocycles. The van der Waals surface area contributed by atoms with Gasteiger partial charge in [0.05, 0.1) is 0 Å². The highest BCUT2D eigenvalue weighted by molar-refractivity contribution is 6.29. The molecule has 10 heavy (non-hydrogen) atoms. The standard InChI is InChI=1S/C8H6ClN/c1-2-3-7-4-5-8(9)10-6-7/h4-6H,1H3. The van der Waals surface area contributed by atoms with Crippen LogP contribution in [0.5, 0.6) is 0 Å². The fourth-order valence-electron chi connectivity index (χ4n) is 0.594. The van der Waals surface area contributed by atoms with Gasteiger partial charge in [0.15, 0.2) is 0 Å². The Morgan fingerprint density at radius 1 is 1.50 bits per heavy atom. The minimum Gasteiger partial charge on any atom is -0.243 e. The summed E-state index contributed by atoms with van der Waals surface area (Å²) in [5.74, 6) is 5.63. The van der Waals surface area contributed by atoms with Gasteiger partial charge >= 0.3 is 0 Å².